The number of carboxylic acids is 1. The first-order chi connectivity index (χ1) is 9.01. The summed E-state index contributed by atoms with van der Waals surface area (Å²) in [6.45, 7) is 0.886. The summed E-state index contributed by atoms with van der Waals surface area (Å²) in [7, 11) is 1.59. The standard InChI is InChI=1S/C13H16BrNO4/c1-19-12-3-2-8(4-10(12)14)6-15-7-9(16)5-11(15)13(17)18/h2-4,9,11,16H,5-7H2,1H3,(H,17,18). The van der Waals surface area contributed by atoms with Crippen LogP contribution in [0.1, 0.15) is 12.0 Å². The van der Waals surface area contributed by atoms with Crippen LogP contribution >= 0.6 is 15.9 Å². The maximum Gasteiger partial charge on any atom is 0.321 e. The van der Waals surface area contributed by atoms with Crippen molar-refractivity contribution in [1.29, 1.82) is 0 Å². The van der Waals surface area contributed by atoms with Crippen LogP contribution in [0.5, 0.6) is 5.75 Å². The van der Waals surface area contributed by atoms with Crippen molar-refractivity contribution in [3.8, 4) is 5.75 Å². The second-order valence-electron chi connectivity index (χ2n) is 4.64. The zero-order valence-corrected chi connectivity index (χ0v) is 12.1. The maximum absolute atomic E-state index is 11.1. The lowest BCUT2D eigenvalue weighted by Crippen LogP contribution is -2.35. The fourth-order valence-corrected chi connectivity index (χ4v) is 2.94. The molecule has 1 aromatic carbocycles. The van der Waals surface area contributed by atoms with Crippen molar-refractivity contribution in [3.63, 3.8) is 0 Å². The number of halogens is 1. The van der Waals surface area contributed by atoms with Crippen molar-refractivity contribution in [3.05, 3.63) is 28.2 Å². The van der Waals surface area contributed by atoms with Crippen molar-refractivity contribution < 1.29 is 19.7 Å². The highest BCUT2D eigenvalue weighted by Gasteiger charge is 2.35. The number of carboxylic acid groups (broad SMARTS) is 1. The van der Waals surface area contributed by atoms with Gasteiger partial charge in [-0.05, 0) is 33.6 Å². The molecule has 1 aliphatic rings. The molecule has 0 aliphatic carbocycles. The number of hydrogen-bond donors (Lipinski definition) is 2. The van der Waals surface area contributed by atoms with Crippen molar-refractivity contribution in [2.75, 3.05) is 13.7 Å². The van der Waals surface area contributed by atoms with Crippen molar-refractivity contribution in [2.24, 2.45) is 0 Å². The molecule has 0 radical (unpaired) electrons. The zero-order valence-electron chi connectivity index (χ0n) is 10.5. The van der Waals surface area contributed by atoms with E-state index in [1.165, 1.54) is 0 Å². The first-order valence-corrected chi connectivity index (χ1v) is 6.78. The van der Waals surface area contributed by atoms with Crippen LogP contribution in [0.15, 0.2) is 22.7 Å². The fourth-order valence-electron chi connectivity index (χ4n) is 2.35. The van der Waals surface area contributed by atoms with Gasteiger partial charge in [-0.2, -0.15) is 0 Å². The molecule has 1 saturated heterocycles. The normalized spacial score (nSPS) is 23.5. The highest BCUT2D eigenvalue weighted by molar-refractivity contribution is 9.10. The van der Waals surface area contributed by atoms with Gasteiger partial charge in [0.05, 0.1) is 17.7 Å². The smallest absolute Gasteiger partial charge is 0.321 e. The van der Waals surface area contributed by atoms with Crippen molar-refractivity contribution >= 4 is 21.9 Å². The maximum atomic E-state index is 11.1. The number of β-amino-alcohol motifs (C(OH)–C–C–N with tert-alkyl or cyclic N) is 1. The molecule has 104 valence electrons. The Morgan fingerprint density at radius 2 is 2.32 bits per heavy atom. The number of rotatable bonds is 4. The number of methoxy groups -OCH3 is 1. The number of likely N-dealkylation sites (tertiary alicyclic amines) is 1. The highest BCUT2D eigenvalue weighted by atomic mass is 79.9. The molecule has 0 bridgehead atoms. The van der Waals surface area contributed by atoms with E-state index >= 15 is 0 Å². The van der Waals surface area contributed by atoms with Crippen LogP contribution in [-0.4, -0.2) is 46.9 Å². The van der Waals surface area contributed by atoms with Crippen molar-refractivity contribution in [2.45, 2.75) is 25.1 Å². The van der Waals surface area contributed by atoms with Crippen LogP contribution < -0.4 is 4.74 Å². The molecule has 0 saturated carbocycles. The Labute approximate surface area is 119 Å². The van der Waals surface area contributed by atoms with Gasteiger partial charge in [-0.25, -0.2) is 0 Å². The summed E-state index contributed by atoms with van der Waals surface area (Å²) in [6, 6.07) is 5.02. The first kappa shape index (κ1) is 14.3. The van der Waals surface area contributed by atoms with E-state index in [4.69, 9.17) is 9.84 Å². The Morgan fingerprint density at radius 1 is 1.58 bits per heavy atom. The molecule has 0 amide bonds. The number of hydrogen-bond acceptors (Lipinski definition) is 4. The Kier molecular flexibility index (Phi) is 4.44. The number of aliphatic carboxylic acids is 1. The van der Waals surface area contributed by atoms with Crippen LogP contribution in [0, 0.1) is 0 Å². The molecule has 5 nitrogen and oxygen atoms in total. The van der Waals surface area contributed by atoms with E-state index in [9.17, 15) is 9.90 Å². The molecule has 0 spiro atoms. The number of aliphatic hydroxyl groups is 1. The Balaban J connectivity index is 2.12. The number of nitrogens with zero attached hydrogens (tertiary/aromatic N) is 1. The van der Waals surface area contributed by atoms with Gasteiger partial charge >= 0.3 is 5.97 Å². The van der Waals surface area contributed by atoms with Gasteiger partial charge in [-0.3, -0.25) is 9.69 Å². The fraction of sp³-hybridized carbons (Fsp3) is 0.462. The Hall–Kier alpha value is -1.11. The quantitative estimate of drug-likeness (QED) is 0.875. The molecule has 2 atom stereocenters. The zero-order chi connectivity index (χ0) is 14.0. The largest absolute Gasteiger partial charge is 0.496 e. The van der Waals surface area contributed by atoms with E-state index in [-0.39, 0.29) is 6.42 Å². The van der Waals surface area contributed by atoms with Gasteiger partial charge in [0.2, 0.25) is 0 Å². The molecule has 1 fully saturated rings. The van der Waals surface area contributed by atoms with Crippen molar-refractivity contribution in [1.82, 2.24) is 4.90 Å². The van der Waals surface area contributed by atoms with Crippen LogP contribution in [0.2, 0.25) is 0 Å². The second kappa shape index (κ2) is 5.90. The van der Waals surface area contributed by atoms with E-state index in [2.05, 4.69) is 15.9 Å². The SMILES string of the molecule is COc1ccc(CN2CC(O)CC2C(=O)O)cc1Br. The molecule has 1 aromatic rings. The minimum atomic E-state index is -0.885. The van der Waals surface area contributed by atoms with Gasteiger partial charge in [0, 0.05) is 19.5 Å². The van der Waals surface area contributed by atoms with Crippen LogP contribution in [-0.2, 0) is 11.3 Å². The summed E-state index contributed by atoms with van der Waals surface area (Å²) >= 11 is 3.40. The second-order valence-corrected chi connectivity index (χ2v) is 5.50. The van der Waals surface area contributed by atoms with E-state index in [1.54, 1.807) is 12.0 Å². The third-order valence-electron chi connectivity index (χ3n) is 3.27. The minimum Gasteiger partial charge on any atom is -0.496 e. The van der Waals surface area contributed by atoms with Gasteiger partial charge in [0.25, 0.3) is 0 Å². The molecule has 0 aromatic heterocycles. The summed E-state index contributed by atoms with van der Waals surface area (Å²) in [5, 5.41) is 18.7. The van der Waals surface area contributed by atoms with E-state index in [1.807, 2.05) is 18.2 Å². The van der Waals surface area contributed by atoms with Gasteiger partial charge < -0.3 is 14.9 Å². The van der Waals surface area contributed by atoms with Gasteiger partial charge in [-0.15, -0.1) is 0 Å². The number of aliphatic hydroxyl groups excluding tert-OH is 1. The highest BCUT2D eigenvalue weighted by Crippen LogP contribution is 2.27. The molecule has 19 heavy (non-hydrogen) atoms. The van der Waals surface area contributed by atoms with Crippen LogP contribution in [0.25, 0.3) is 0 Å². The molecule has 1 heterocycles. The van der Waals surface area contributed by atoms with Gasteiger partial charge in [0.1, 0.15) is 11.8 Å². The number of ether oxygens (including phenoxy) is 1. The van der Waals surface area contributed by atoms with E-state index in [0.29, 0.717) is 13.1 Å². The topological polar surface area (TPSA) is 70.0 Å². The van der Waals surface area contributed by atoms with Gasteiger partial charge in [0.15, 0.2) is 0 Å². The third-order valence-corrected chi connectivity index (χ3v) is 3.89. The van der Waals surface area contributed by atoms with E-state index in [0.717, 1.165) is 15.8 Å². The lowest BCUT2D eigenvalue weighted by Gasteiger charge is -2.21. The summed E-state index contributed by atoms with van der Waals surface area (Å²) in [4.78, 5) is 12.9. The predicted octanol–water partition coefficient (Wildman–Crippen LogP) is 1.48. The summed E-state index contributed by atoms with van der Waals surface area (Å²) < 4.78 is 5.98. The molecule has 2 unspecified atom stereocenters. The molecule has 2 rings (SSSR count). The first-order valence-electron chi connectivity index (χ1n) is 5.98. The Morgan fingerprint density at radius 3 is 2.89 bits per heavy atom. The molecular formula is C13H16BrNO4. The Bertz CT molecular complexity index is 480. The molecule has 1 aliphatic heterocycles. The predicted molar refractivity (Wildman–Crippen MR) is 73.2 cm³/mol. The van der Waals surface area contributed by atoms with Crippen LogP contribution in [0.3, 0.4) is 0 Å². The summed E-state index contributed by atoms with van der Waals surface area (Å²) in [5.74, 6) is -0.149. The third kappa shape index (κ3) is 3.26. The average molecular weight is 330 g/mol. The monoisotopic (exact) mass is 329 g/mol. The molecule has 6 heteroatoms. The van der Waals surface area contributed by atoms with E-state index < -0.39 is 18.1 Å². The average Bonchev–Trinajstić information content (AvgIpc) is 2.70. The van der Waals surface area contributed by atoms with Crippen LogP contribution in [0.4, 0.5) is 0 Å². The lowest BCUT2D eigenvalue weighted by molar-refractivity contribution is -0.142. The minimum absolute atomic E-state index is 0.284. The summed E-state index contributed by atoms with van der Waals surface area (Å²) in [6.07, 6.45) is -0.282. The molecule has 2 N–H and O–H groups in total. The number of carbonyl (C=O) groups is 1. The number of benzene rings is 1. The molecular weight excluding hydrogens is 314 g/mol. The summed E-state index contributed by atoms with van der Waals surface area (Å²) in [5.41, 5.74) is 0.980. The lowest BCUT2D eigenvalue weighted by atomic mass is 10.1. The van der Waals surface area contributed by atoms with Gasteiger partial charge in [-0.1, -0.05) is 6.07 Å².